The molecule has 1 aromatic heterocycles. The lowest BCUT2D eigenvalue weighted by molar-refractivity contribution is 0.0936. The topological polar surface area (TPSA) is 76.9 Å². The molecule has 1 heterocycles. The van der Waals surface area contributed by atoms with E-state index in [0.29, 0.717) is 28.7 Å². The second-order valence-electron chi connectivity index (χ2n) is 6.66. The zero-order valence-electron chi connectivity index (χ0n) is 16.7. The summed E-state index contributed by atoms with van der Waals surface area (Å²) in [7, 11) is 0. The Kier molecular flexibility index (Phi) is 7.75. The molecule has 1 N–H and O–H groups in total. The summed E-state index contributed by atoms with van der Waals surface area (Å²) < 4.78 is 15.8. The van der Waals surface area contributed by atoms with Crippen LogP contribution in [0.1, 0.15) is 39.5 Å². The average molecular weight is 503 g/mol. The molecule has 2 aromatic carbocycles. The van der Waals surface area contributed by atoms with E-state index in [0.717, 1.165) is 4.47 Å². The number of carbonyl (C=O) groups excluding carboxylic acids is 2. The Hall–Kier alpha value is -2.78. The smallest absolute Gasteiger partial charge is 0.251 e. The molecule has 1 unspecified atom stereocenters. The van der Waals surface area contributed by atoms with E-state index in [1.54, 1.807) is 25.1 Å². The molecule has 0 saturated heterocycles. The SMILES string of the molecule is C=CCn1c(SCC(=O)c2ccc(Br)cc2)nnc1C(C)NC(=O)c1ccc(F)cc1. The molecule has 0 fully saturated rings. The Morgan fingerprint density at radius 1 is 1.16 bits per heavy atom. The number of nitrogens with zero attached hydrogens (tertiary/aromatic N) is 3. The van der Waals surface area contributed by atoms with E-state index in [4.69, 9.17) is 0 Å². The molecule has 31 heavy (non-hydrogen) atoms. The fraction of sp³-hybridized carbons (Fsp3) is 0.182. The van der Waals surface area contributed by atoms with Gasteiger partial charge in [0.2, 0.25) is 0 Å². The van der Waals surface area contributed by atoms with Crippen molar-refractivity contribution >= 4 is 39.4 Å². The van der Waals surface area contributed by atoms with Gasteiger partial charge in [-0.3, -0.25) is 9.59 Å². The maximum atomic E-state index is 13.1. The number of allylic oxidation sites excluding steroid dienone is 1. The highest BCUT2D eigenvalue weighted by Crippen LogP contribution is 2.22. The Bertz CT molecular complexity index is 1080. The highest BCUT2D eigenvalue weighted by molar-refractivity contribution is 9.10. The van der Waals surface area contributed by atoms with Gasteiger partial charge in [0.05, 0.1) is 11.8 Å². The van der Waals surface area contributed by atoms with Crippen molar-refractivity contribution in [3.05, 3.63) is 88.4 Å². The molecule has 0 aliphatic heterocycles. The zero-order chi connectivity index (χ0) is 22.4. The average Bonchev–Trinajstić information content (AvgIpc) is 3.16. The normalized spacial score (nSPS) is 11.7. The standard InChI is InChI=1S/C22H20BrFN4O2S/c1-3-12-28-20(14(2)25-21(30)16-6-10-18(24)11-7-16)26-27-22(28)31-13-19(29)15-4-8-17(23)9-5-15/h3-11,14H,1,12-13H2,2H3,(H,25,30). The van der Waals surface area contributed by atoms with Crippen LogP contribution in [-0.2, 0) is 6.54 Å². The highest BCUT2D eigenvalue weighted by atomic mass is 79.9. The van der Waals surface area contributed by atoms with Crippen LogP contribution < -0.4 is 5.32 Å². The highest BCUT2D eigenvalue weighted by Gasteiger charge is 2.20. The van der Waals surface area contributed by atoms with Crippen LogP contribution in [0.25, 0.3) is 0 Å². The van der Waals surface area contributed by atoms with Crippen LogP contribution in [0, 0.1) is 5.82 Å². The first-order valence-corrected chi connectivity index (χ1v) is 11.2. The van der Waals surface area contributed by atoms with Gasteiger partial charge in [-0.2, -0.15) is 0 Å². The molecule has 1 amide bonds. The van der Waals surface area contributed by atoms with E-state index in [-0.39, 0.29) is 17.4 Å². The van der Waals surface area contributed by atoms with Gasteiger partial charge in [0, 0.05) is 22.1 Å². The first-order valence-electron chi connectivity index (χ1n) is 9.41. The Balaban J connectivity index is 1.70. The van der Waals surface area contributed by atoms with Crippen LogP contribution in [0.4, 0.5) is 4.39 Å². The number of thioether (sulfide) groups is 1. The molecule has 0 radical (unpaired) electrons. The Morgan fingerprint density at radius 2 is 1.81 bits per heavy atom. The summed E-state index contributed by atoms with van der Waals surface area (Å²) in [4.78, 5) is 24.9. The molecular weight excluding hydrogens is 483 g/mol. The minimum absolute atomic E-state index is 0.0233. The fourth-order valence-corrected chi connectivity index (χ4v) is 3.94. The second-order valence-corrected chi connectivity index (χ2v) is 8.52. The molecule has 160 valence electrons. The van der Waals surface area contributed by atoms with Gasteiger partial charge in [-0.05, 0) is 43.3 Å². The number of aromatic nitrogens is 3. The quantitative estimate of drug-likeness (QED) is 0.257. The summed E-state index contributed by atoms with van der Waals surface area (Å²) in [5.74, 6) is -0.0403. The first-order chi connectivity index (χ1) is 14.9. The van der Waals surface area contributed by atoms with Gasteiger partial charge >= 0.3 is 0 Å². The fourth-order valence-electron chi connectivity index (χ4n) is 2.82. The number of amides is 1. The van der Waals surface area contributed by atoms with Crippen LogP contribution in [0.5, 0.6) is 0 Å². The maximum Gasteiger partial charge on any atom is 0.251 e. The summed E-state index contributed by atoms with van der Waals surface area (Å²) in [6.45, 7) is 5.97. The van der Waals surface area contributed by atoms with Gasteiger partial charge in [-0.25, -0.2) is 4.39 Å². The van der Waals surface area contributed by atoms with Gasteiger partial charge in [-0.15, -0.1) is 16.8 Å². The van der Waals surface area contributed by atoms with Crippen molar-refractivity contribution < 1.29 is 14.0 Å². The van der Waals surface area contributed by atoms with Crippen LogP contribution in [-0.4, -0.2) is 32.2 Å². The number of halogens is 2. The zero-order valence-corrected chi connectivity index (χ0v) is 19.1. The van der Waals surface area contributed by atoms with E-state index in [9.17, 15) is 14.0 Å². The summed E-state index contributed by atoms with van der Waals surface area (Å²) in [6.07, 6.45) is 1.70. The lowest BCUT2D eigenvalue weighted by Gasteiger charge is -2.15. The van der Waals surface area contributed by atoms with Gasteiger partial charge in [0.1, 0.15) is 5.82 Å². The molecule has 0 saturated carbocycles. The van der Waals surface area contributed by atoms with Crippen molar-refractivity contribution in [2.75, 3.05) is 5.75 Å². The molecular formula is C22H20BrFN4O2S. The molecule has 0 aliphatic carbocycles. The summed E-state index contributed by atoms with van der Waals surface area (Å²) in [5.41, 5.74) is 0.961. The summed E-state index contributed by atoms with van der Waals surface area (Å²) in [5, 5.41) is 11.8. The summed E-state index contributed by atoms with van der Waals surface area (Å²) >= 11 is 4.63. The Labute approximate surface area is 192 Å². The van der Waals surface area contributed by atoms with Crippen LogP contribution in [0.2, 0.25) is 0 Å². The first kappa shape index (κ1) is 22.9. The number of hydrogen-bond donors (Lipinski definition) is 1. The summed E-state index contributed by atoms with van der Waals surface area (Å²) in [6, 6.07) is 12.0. The number of rotatable bonds is 9. The monoisotopic (exact) mass is 502 g/mol. The number of Topliss-reactive ketones (excluding diaryl/α,β-unsaturated/α-hetero) is 1. The molecule has 3 aromatic rings. The number of nitrogens with one attached hydrogen (secondary N) is 1. The minimum atomic E-state index is -0.457. The van der Waals surface area contributed by atoms with Crippen LogP contribution in [0.3, 0.4) is 0 Å². The third-order valence-corrected chi connectivity index (χ3v) is 5.89. The van der Waals surface area contributed by atoms with E-state index in [1.165, 1.54) is 36.0 Å². The van der Waals surface area contributed by atoms with Crippen molar-refractivity contribution in [2.45, 2.75) is 24.7 Å². The van der Waals surface area contributed by atoms with Crippen LogP contribution >= 0.6 is 27.7 Å². The number of benzene rings is 2. The predicted molar refractivity (Wildman–Crippen MR) is 122 cm³/mol. The molecule has 9 heteroatoms. The largest absolute Gasteiger partial charge is 0.342 e. The molecule has 0 aliphatic rings. The van der Waals surface area contributed by atoms with Gasteiger partial charge in [-0.1, -0.05) is 45.9 Å². The van der Waals surface area contributed by atoms with E-state index >= 15 is 0 Å². The van der Waals surface area contributed by atoms with Crippen molar-refractivity contribution in [3.8, 4) is 0 Å². The van der Waals surface area contributed by atoms with E-state index in [1.807, 2.05) is 16.7 Å². The Morgan fingerprint density at radius 3 is 2.45 bits per heavy atom. The number of ketones is 1. The van der Waals surface area contributed by atoms with E-state index < -0.39 is 11.9 Å². The lowest BCUT2D eigenvalue weighted by atomic mass is 10.2. The van der Waals surface area contributed by atoms with E-state index in [2.05, 4.69) is 38.0 Å². The minimum Gasteiger partial charge on any atom is -0.342 e. The number of hydrogen-bond acceptors (Lipinski definition) is 5. The van der Waals surface area contributed by atoms with Crippen molar-refractivity contribution in [1.82, 2.24) is 20.1 Å². The lowest BCUT2D eigenvalue weighted by Crippen LogP contribution is -2.28. The third kappa shape index (κ3) is 5.89. The molecule has 6 nitrogen and oxygen atoms in total. The van der Waals surface area contributed by atoms with Crippen molar-refractivity contribution in [1.29, 1.82) is 0 Å². The van der Waals surface area contributed by atoms with Crippen LogP contribution in [0.15, 0.2) is 70.8 Å². The molecule has 0 bridgehead atoms. The van der Waals surface area contributed by atoms with Gasteiger partial charge < -0.3 is 9.88 Å². The predicted octanol–water partition coefficient (Wildman–Crippen LogP) is 4.83. The maximum absolute atomic E-state index is 13.1. The number of carbonyl (C=O) groups is 2. The van der Waals surface area contributed by atoms with Crippen molar-refractivity contribution in [3.63, 3.8) is 0 Å². The van der Waals surface area contributed by atoms with Gasteiger partial charge in [0.15, 0.2) is 16.8 Å². The molecule has 3 rings (SSSR count). The van der Waals surface area contributed by atoms with Gasteiger partial charge in [0.25, 0.3) is 5.91 Å². The third-order valence-electron chi connectivity index (χ3n) is 4.40. The molecule has 1 atom stereocenters. The van der Waals surface area contributed by atoms with Crippen molar-refractivity contribution in [2.24, 2.45) is 0 Å². The second kappa shape index (κ2) is 10.5. The molecule has 0 spiro atoms.